The van der Waals surface area contributed by atoms with E-state index in [4.69, 9.17) is 0 Å². The first kappa shape index (κ1) is 16.9. The molecule has 1 saturated carbocycles. The van der Waals surface area contributed by atoms with E-state index in [-0.39, 0.29) is 5.41 Å². The summed E-state index contributed by atoms with van der Waals surface area (Å²) >= 11 is 1.38. The summed E-state index contributed by atoms with van der Waals surface area (Å²) in [6.45, 7) is 7.62. The quantitative estimate of drug-likeness (QED) is 0.732. The molecule has 1 heterocycles. The van der Waals surface area contributed by atoms with E-state index >= 15 is 0 Å². The highest BCUT2D eigenvalue weighted by Gasteiger charge is 2.22. The molecular formula is C15H26N2O2S2. The zero-order valence-corrected chi connectivity index (χ0v) is 14.7. The van der Waals surface area contributed by atoms with Crippen LogP contribution in [0.4, 0.5) is 0 Å². The second kappa shape index (κ2) is 6.77. The van der Waals surface area contributed by atoms with E-state index in [1.165, 1.54) is 24.2 Å². The number of hydrogen-bond donors (Lipinski definition) is 2. The molecule has 2 N–H and O–H groups in total. The third-order valence-corrected chi connectivity index (χ3v) is 7.02. The average Bonchev–Trinajstić information content (AvgIpc) is 3.12. The van der Waals surface area contributed by atoms with Crippen LogP contribution < -0.4 is 10.0 Å². The summed E-state index contributed by atoms with van der Waals surface area (Å²) in [5.41, 5.74) is -0.0126. The van der Waals surface area contributed by atoms with Gasteiger partial charge in [-0.15, -0.1) is 11.3 Å². The van der Waals surface area contributed by atoms with Gasteiger partial charge in [0, 0.05) is 24.0 Å². The van der Waals surface area contributed by atoms with Gasteiger partial charge in [-0.05, 0) is 43.2 Å². The minimum absolute atomic E-state index is 0.0126. The second-order valence-corrected chi connectivity index (χ2v) is 9.70. The molecule has 21 heavy (non-hydrogen) atoms. The lowest BCUT2D eigenvalue weighted by Crippen LogP contribution is -2.33. The summed E-state index contributed by atoms with van der Waals surface area (Å²) in [6, 6.07) is 4.35. The molecule has 0 amide bonds. The summed E-state index contributed by atoms with van der Waals surface area (Å²) in [5.74, 6) is 0. The zero-order chi connectivity index (χ0) is 15.5. The van der Waals surface area contributed by atoms with Crippen molar-refractivity contribution in [3.8, 4) is 0 Å². The van der Waals surface area contributed by atoms with Crippen LogP contribution in [0.5, 0.6) is 0 Å². The maximum absolute atomic E-state index is 12.3. The Morgan fingerprint density at radius 3 is 2.67 bits per heavy atom. The monoisotopic (exact) mass is 330 g/mol. The van der Waals surface area contributed by atoms with Gasteiger partial charge >= 0.3 is 0 Å². The smallest absolute Gasteiger partial charge is 0.250 e. The topological polar surface area (TPSA) is 58.2 Å². The van der Waals surface area contributed by atoms with Crippen molar-refractivity contribution in [2.75, 3.05) is 13.1 Å². The summed E-state index contributed by atoms with van der Waals surface area (Å²) in [5, 5.41) is 3.45. The fraction of sp³-hybridized carbons (Fsp3) is 0.733. The molecular weight excluding hydrogens is 304 g/mol. The molecule has 0 bridgehead atoms. The Labute approximate surface area is 132 Å². The van der Waals surface area contributed by atoms with Gasteiger partial charge in [-0.2, -0.15) is 0 Å². The van der Waals surface area contributed by atoms with Crippen molar-refractivity contribution in [3.05, 3.63) is 17.0 Å². The highest BCUT2D eigenvalue weighted by molar-refractivity contribution is 7.91. The van der Waals surface area contributed by atoms with E-state index in [2.05, 4.69) is 30.8 Å². The number of sulfonamides is 1. The molecule has 4 nitrogen and oxygen atoms in total. The number of hydrogen-bond acceptors (Lipinski definition) is 4. The van der Waals surface area contributed by atoms with Gasteiger partial charge in [-0.25, -0.2) is 13.1 Å². The van der Waals surface area contributed by atoms with Crippen LogP contribution in [0.1, 0.15) is 44.9 Å². The molecule has 0 radical (unpaired) electrons. The lowest BCUT2D eigenvalue weighted by Gasteiger charge is -2.22. The molecule has 1 aromatic heterocycles. The van der Waals surface area contributed by atoms with Crippen LogP contribution in [-0.4, -0.2) is 27.5 Å². The standard InChI is InChI=1S/C15H26N2O2S2/c1-4-15(2,3)11-17-21(18,19)14-8-7-13(20-14)9-10-16-12-5-6-12/h7-8,12,16-17H,4-6,9-11H2,1-3H3. The van der Waals surface area contributed by atoms with Crippen molar-refractivity contribution < 1.29 is 8.42 Å². The first-order valence-electron chi connectivity index (χ1n) is 7.64. The SMILES string of the molecule is CCC(C)(C)CNS(=O)(=O)c1ccc(CCNC2CC2)s1. The molecule has 1 aliphatic rings. The van der Waals surface area contributed by atoms with Gasteiger partial charge in [0.1, 0.15) is 4.21 Å². The molecule has 0 aliphatic heterocycles. The fourth-order valence-electron chi connectivity index (χ4n) is 1.81. The third kappa shape index (κ3) is 5.36. The summed E-state index contributed by atoms with van der Waals surface area (Å²) in [7, 11) is -3.36. The van der Waals surface area contributed by atoms with E-state index < -0.39 is 10.0 Å². The molecule has 0 saturated heterocycles. The predicted octanol–water partition coefficient (Wildman–Crippen LogP) is 2.76. The maximum atomic E-state index is 12.3. The molecule has 0 spiro atoms. The van der Waals surface area contributed by atoms with Crippen molar-refractivity contribution in [2.45, 2.75) is 56.7 Å². The van der Waals surface area contributed by atoms with Gasteiger partial charge in [0.05, 0.1) is 0 Å². The van der Waals surface area contributed by atoms with E-state index in [9.17, 15) is 8.42 Å². The lowest BCUT2D eigenvalue weighted by molar-refractivity contribution is 0.350. The normalized spacial score (nSPS) is 16.3. The predicted molar refractivity (Wildman–Crippen MR) is 88.3 cm³/mol. The summed E-state index contributed by atoms with van der Waals surface area (Å²) < 4.78 is 27.7. The van der Waals surface area contributed by atoms with Crippen LogP contribution in [0.25, 0.3) is 0 Å². The van der Waals surface area contributed by atoms with Gasteiger partial charge < -0.3 is 5.32 Å². The highest BCUT2D eigenvalue weighted by atomic mass is 32.2. The van der Waals surface area contributed by atoms with Crippen molar-refractivity contribution in [1.29, 1.82) is 0 Å². The summed E-state index contributed by atoms with van der Waals surface area (Å²) in [4.78, 5) is 1.12. The van der Waals surface area contributed by atoms with Crippen LogP contribution in [0.15, 0.2) is 16.3 Å². The largest absolute Gasteiger partial charge is 0.314 e. The Kier molecular flexibility index (Phi) is 5.46. The first-order valence-corrected chi connectivity index (χ1v) is 9.94. The van der Waals surface area contributed by atoms with Crippen LogP contribution in [-0.2, 0) is 16.4 Å². The van der Waals surface area contributed by atoms with Crippen LogP contribution in [0.3, 0.4) is 0 Å². The summed E-state index contributed by atoms with van der Waals surface area (Å²) in [6.07, 6.45) is 4.40. The second-order valence-electron chi connectivity index (χ2n) is 6.54. The molecule has 1 aromatic rings. The number of nitrogens with one attached hydrogen (secondary N) is 2. The van der Waals surface area contributed by atoms with Crippen LogP contribution in [0.2, 0.25) is 0 Å². The minimum Gasteiger partial charge on any atom is -0.314 e. The van der Waals surface area contributed by atoms with Crippen LogP contribution in [0, 0.1) is 5.41 Å². The average molecular weight is 331 g/mol. The van der Waals surface area contributed by atoms with Crippen molar-refractivity contribution in [1.82, 2.24) is 10.0 Å². The number of thiophene rings is 1. The maximum Gasteiger partial charge on any atom is 0.250 e. The van der Waals surface area contributed by atoms with Gasteiger partial charge in [0.2, 0.25) is 10.0 Å². The van der Waals surface area contributed by atoms with Crippen LogP contribution >= 0.6 is 11.3 Å². The third-order valence-electron chi connectivity index (χ3n) is 3.98. The van der Waals surface area contributed by atoms with E-state index in [0.717, 1.165) is 24.3 Å². The van der Waals surface area contributed by atoms with Gasteiger partial charge in [-0.1, -0.05) is 20.8 Å². The first-order chi connectivity index (χ1) is 9.82. The molecule has 1 aliphatic carbocycles. The van der Waals surface area contributed by atoms with Gasteiger partial charge in [0.25, 0.3) is 0 Å². The molecule has 120 valence electrons. The van der Waals surface area contributed by atoms with E-state index in [1.807, 2.05) is 6.07 Å². The Morgan fingerprint density at radius 2 is 2.05 bits per heavy atom. The molecule has 6 heteroatoms. The zero-order valence-electron chi connectivity index (χ0n) is 13.1. The van der Waals surface area contributed by atoms with E-state index in [0.29, 0.717) is 16.8 Å². The number of rotatable bonds is 9. The molecule has 1 fully saturated rings. The molecule has 0 unspecified atom stereocenters. The van der Waals surface area contributed by atoms with Gasteiger partial charge in [0.15, 0.2) is 0 Å². The Balaban J connectivity index is 1.88. The molecule has 0 atom stereocenters. The van der Waals surface area contributed by atoms with Crippen molar-refractivity contribution in [2.24, 2.45) is 5.41 Å². The van der Waals surface area contributed by atoms with Gasteiger partial charge in [-0.3, -0.25) is 0 Å². The van der Waals surface area contributed by atoms with E-state index in [1.54, 1.807) is 6.07 Å². The molecule has 0 aromatic carbocycles. The minimum atomic E-state index is -3.36. The van der Waals surface area contributed by atoms with Crippen molar-refractivity contribution in [3.63, 3.8) is 0 Å². The van der Waals surface area contributed by atoms with Crippen molar-refractivity contribution >= 4 is 21.4 Å². The highest BCUT2D eigenvalue weighted by Crippen LogP contribution is 2.24. The Hall–Kier alpha value is -0.430. The lowest BCUT2D eigenvalue weighted by atomic mass is 9.91. The molecule has 2 rings (SSSR count). The Bertz CT molecular complexity index is 560. The fourth-order valence-corrected chi connectivity index (χ4v) is 4.45. The Morgan fingerprint density at radius 1 is 1.33 bits per heavy atom.